The number of nitrogens with zero attached hydrogens (tertiary/aromatic N) is 4. The van der Waals surface area contributed by atoms with Gasteiger partial charge in [0.05, 0.1) is 11.7 Å². The minimum Gasteiger partial charge on any atom is -0.344 e. The van der Waals surface area contributed by atoms with Gasteiger partial charge in [-0.3, -0.25) is 9.48 Å². The van der Waals surface area contributed by atoms with E-state index in [9.17, 15) is 4.79 Å². The molecule has 0 spiro atoms. The zero-order valence-electron chi connectivity index (χ0n) is 14.2. The normalized spacial score (nSPS) is 17.9. The fourth-order valence-electron chi connectivity index (χ4n) is 3.38. The van der Waals surface area contributed by atoms with Gasteiger partial charge in [0.2, 0.25) is 5.91 Å². The zero-order chi connectivity index (χ0) is 16.4. The number of aromatic nitrogens is 4. The fourth-order valence-corrected chi connectivity index (χ4v) is 3.38. The summed E-state index contributed by atoms with van der Waals surface area (Å²) >= 11 is 0. The van der Waals surface area contributed by atoms with Gasteiger partial charge in [-0.1, -0.05) is 0 Å². The van der Waals surface area contributed by atoms with E-state index in [1.807, 2.05) is 29.6 Å². The summed E-state index contributed by atoms with van der Waals surface area (Å²) in [6.07, 6.45) is 5.26. The second-order valence-electron chi connectivity index (χ2n) is 6.45. The zero-order valence-corrected chi connectivity index (χ0v) is 14.2. The summed E-state index contributed by atoms with van der Waals surface area (Å²) in [6.45, 7) is 7.67. The highest BCUT2D eigenvalue weighted by molar-refractivity contribution is 5.76. The van der Waals surface area contributed by atoms with Crippen LogP contribution in [0, 0.1) is 20.8 Å². The first-order chi connectivity index (χ1) is 11.0. The molecule has 0 saturated carbocycles. The summed E-state index contributed by atoms with van der Waals surface area (Å²) in [5, 5.41) is 4.45. The molecule has 23 heavy (non-hydrogen) atoms. The van der Waals surface area contributed by atoms with Crippen LogP contribution in [-0.4, -0.2) is 37.1 Å². The van der Waals surface area contributed by atoms with E-state index in [1.165, 1.54) is 0 Å². The van der Waals surface area contributed by atoms with Crippen molar-refractivity contribution in [2.45, 2.75) is 59.0 Å². The number of carbonyl (C=O) groups excluding carboxylic acids is 1. The Morgan fingerprint density at radius 3 is 2.87 bits per heavy atom. The fraction of sp³-hybridized carbons (Fsp3) is 0.588. The highest BCUT2D eigenvalue weighted by Gasteiger charge is 2.31. The molecule has 1 aliphatic heterocycles. The summed E-state index contributed by atoms with van der Waals surface area (Å²) in [6, 6.07) is 2.18. The van der Waals surface area contributed by atoms with Gasteiger partial charge in [0.15, 0.2) is 0 Å². The molecule has 1 fully saturated rings. The van der Waals surface area contributed by atoms with Gasteiger partial charge >= 0.3 is 0 Å². The van der Waals surface area contributed by atoms with Crippen LogP contribution in [0.15, 0.2) is 12.3 Å². The molecule has 1 N–H and O–H groups in total. The Bertz CT molecular complexity index is 687. The predicted octanol–water partition coefficient (Wildman–Crippen LogP) is 2.68. The van der Waals surface area contributed by atoms with Crippen molar-refractivity contribution in [3.8, 4) is 0 Å². The van der Waals surface area contributed by atoms with Gasteiger partial charge in [0, 0.05) is 37.1 Å². The molecule has 0 radical (unpaired) electrons. The second-order valence-corrected chi connectivity index (χ2v) is 6.45. The van der Waals surface area contributed by atoms with Crippen molar-refractivity contribution in [1.29, 1.82) is 0 Å². The van der Waals surface area contributed by atoms with Crippen LogP contribution in [-0.2, 0) is 11.3 Å². The molecule has 0 aromatic carbocycles. The highest BCUT2D eigenvalue weighted by atomic mass is 16.2. The molecular formula is C17H25N5O. The summed E-state index contributed by atoms with van der Waals surface area (Å²) in [7, 11) is 0. The molecule has 1 aliphatic rings. The van der Waals surface area contributed by atoms with E-state index in [2.05, 4.69) is 28.1 Å². The van der Waals surface area contributed by atoms with Crippen molar-refractivity contribution < 1.29 is 4.79 Å². The van der Waals surface area contributed by atoms with Gasteiger partial charge in [-0.2, -0.15) is 5.10 Å². The molecular weight excluding hydrogens is 290 g/mol. The van der Waals surface area contributed by atoms with E-state index in [4.69, 9.17) is 0 Å². The number of H-pyrrole nitrogens is 1. The number of hydrogen-bond acceptors (Lipinski definition) is 3. The number of rotatable bonds is 5. The molecule has 6 nitrogen and oxygen atoms in total. The first-order valence-corrected chi connectivity index (χ1v) is 8.36. The number of likely N-dealkylation sites (tertiary alicyclic amines) is 1. The van der Waals surface area contributed by atoms with E-state index >= 15 is 0 Å². The van der Waals surface area contributed by atoms with E-state index in [0.29, 0.717) is 6.42 Å². The van der Waals surface area contributed by atoms with Gasteiger partial charge in [-0.05, 0) is 46.1 Å². The molecule has 0 aliphatic carbocycles. The Morgan fingerprint density at radius 2 is 2.22 bits per heavy atom. The van der Waals surface area contributed by atoms with Crippen molar-refractivity contribution in [3.05, 3.63) is 35.2 Å². The lowest BCUT2D eigenvalue weighted by atomic mass is 10.2. The minimum atomic E-state index is 0.116. The number of imidazole rings is 1. The van der Waals surface area contributed by atoms with Crippen LogP contribution in [0.5, 0.6) is 0 Å². The van der Waals surface area contributed by atoms with Gasteiger partial charge in [0.25, 0.3) is 0 Å². The summed E-state index contributed by atoms with van der Waals surface area (Å²) in [4.78, 5) is 22.2. The number of amides is 1. The third kappa shape index (κ3) is 3.46. The molecule has 6 heteroatoms. The Morgan fingerprint density at radius 1 is 1.39 bits per heavy atom. The Labute approximate surface area is 136 Å². The monoisotopic (exact) mass is 315 g/mol. The number of carbonyl (C=O) groups is 1. The van der Waals surface area contributed by atoms with Crippen LogP contribution in [0.25, 0.3) is 0 Å². The Hall–Kier alpha value is -2.11. The second kappa shape index (κ2) is 6.56. The maximum atomic E-state index is 12.6. The summed E-state index contributed by atoms with van der Waals surface area (Å²) in [5.41, 5.74) is 3.23. The van der Waals surface area contributed by atoms with Crippen molar-refractivity contribution in [3.63, 3.8) is 0 Å². The van der Waals surface area contributed by atoms with Gasteiger partial charge in [-0.25, -0.2) is 4.98 Å². The van der Waals surface area contributed by atoms with Crippen LogP contribution in [0.4, 0.5) is 0 Å². The van der Waals surface area contributed by atoms with Gasteiger partial charge < -0.3 is 9.88 Å². The van der Waals surface area contributed by atoms with E-state index in [1.54, 1.807) is 0 Å². The molecule has 124 valence electrons. The first-order valence-electron chi connectivity index (χ1n) is 8.36. The largest absolute Gasteiger partial charge is 0.344 e. The number of aromatic amines is 1. The number of nitrogens with one attached hydrogen (secondary N) is 1. The molecule has 3 heterocycles. The molecule has 1 atom stereocenters. The lowest BCUT2D eigenvalue weighted by Gasteiger charge is -2.23. The van der Waals surface area contributed by atoms with Crippen LogP contribution < -0.4 is 0 Å². The first kappa shape index (κ1) is 15.8. The maximum Gasteiger partial charge on any atom is 0.223 e. The van der Waals surface area contributed by atoms with Crippen LogP contribution >= 0.6 is 0 Å². The predicted molar refractivity (Wildman–Crippen MR) is 87.9 cm³/mol. The van der Waals surface area contributed by atoms with Gasteiger partial charge in [0.1, 0.15) is 5.82 Å². The summed E-state index contributed by atoms with van der Waals surface area (Å²) in [5.74, 6) is 1.15. The topological polar surface area (TPSA) is 66.8 Å². The molecule has 2 aromatic heterocycles. The maximum absolute atomic E-state index is 12.6. The van der Waals surface area contributed by atoms with Crippen LogP contribution in [0.2, 0.25) is 0 Å². The third-order valence-corrected chi connectivity index (χ3v) is 4.48. The average molecular weight is 315 g/mol. The van der Waals surface area contributed by atoms with Crippen LogP contribution in [0.3, 0.4) is 0 Å². The number of hydrogen-bond donors (Lipinski definition) is 1. The van der Waals surface area contributed by atoms with Crippen molar-refractivity contribution >= 4 is 5.91 Å². The molecule has 1 saturated heterocycles. The van der Waals surface area contributed by atoms with Crippen molar-refractivity contribution in [2.24, 2.45) is 0 Å². The molecule has 3 rings (SSSR count). The quantitative estimate of drug-likeness (QED) is 0.922. The molecule has 0 unspecified atom stereocenters. The molecule has 0 bridgehead atoms. The summed E-state index contributed by atoms with van der Waals surface area (Å²) < 4.78 is 1.99. The Kier molecular flexibility index (Phi) is 4.50. The standard InChI is InChI=1S/C17H25N5O/c1-12-10-14(3)22(20-12)9-5-7-16(23)21-8-4-6-15(21)17-18-11-13(2)19-17/h10-11,15H,4-9H2,1-3H3,(H,18,19)/t15-/m0/s1. The third-order valence-electron chi connectivity index (χ3n) is 4.48. The SMILES string of the molecule is Cc1cc(C)n(CCCC(=O)N2CCC[C@H]2c2ncc(C)[nH]2)n1. The van der Waals surface area contributed by atoms with Crippen LogP contribution in [0.1, 0.15) is 54.6 Å². The molecule has 1 amide bonds. The molecule has 2 aromatic rings. The smallest absolute Gasteiger partial charge is 0.223 e. The minimum absolute atomic E-state index is 0.116. The average Bonchev–Trinajstić information content (AvgIpc) is 3.19. The van der Waals surface area contributed by atoms with Crippen molar-refractivity contribution in [2.75, 3.05) is 6.54 Å². The highest BCUT2D eigenvalue weighted by Crippen LogP contribution is 2.30. The number of aryl methyl sites for hydroxylation is 4. The Balaban J connectivity index is 1.56. The van der Waals surface area contributed by atoms with E-state index < -0.39 is 0 Å². The lowest BCUT2D eigenvalue weighted by Crippen LogP contribution is -2.31. The van der Waals surface area contributed by atoms with Crippen molar-refractivity contribution in [1.82, 2.24) is 24.6 Å². The lowest BCUT2D eigenvalue weighted by molar-refractivity contribution is -0.132. The van der Waals surface area contributed by atoms with E-state index in [0.717, 1.165) is 55.3 Å². The van der Waals surface area contributed by atoms with Gasteiger partial charge in [-0.15, -0.1) is 0 Å². The van der Waals surface area contributed by atoms with E-state index in [-0.39, 0.29) is 11.9 Å².